The number of hydrogen-bond donors (Lipinski definition) is 4. The van der Waals surface area contributed by atoms with E-state index in [4.69, 9.17) is 9.47 Å². The van der Waals surface area contributed by atoms with Crippen molar-refractivity contribution < 1.29 is 9.47 Å². The minimum atomic E-state index is 0.635. The van der Waals surface area contributed by atoms with E-state index in [1.165, 1.54) is 54.2 Å². The maximum Gasteiger partial charge on any atom is 0.167 e. The number of hydrogen-bond acceptors (Lipinski definition) is 3. The Labute approximate surface area is 325 Å². The zero-order valence-corrected chi connectivity index (χ0v) is 32.7. The molecular formula is C49H47N5O2. The van der Waals surface area contributed by atoms with Crippen LogP contribution in [0.5, 0.6) is 11.5 Å². The quantitative estimate of drug-likeness (QED) is 0.119. The molecule has 0 aliphatic heterocycles. The lowest BCUT2D eigenvalue weighted by Gasteiger charge is -2.18. The van der Waals surface area contributed by atoms with E-state index in [9.17, 15) is 0 Å². The summed E-state index contributed by atoms with van der Waals surface area (Å²) in [7, 11) is 1.74. The molecule has 0 unspecified atom stereocenters. The van der Waals surface area contributed by atoms with Gasteiger partial charge in [-0.2, -0.15) is 0 Å². The van der Waals surface area contributed by atoms with Gasteiger partial charge in [-0.25, -0.2) is 0 Å². The summed E-state index contributed by atoms with van der Waals surface area (Å²) in [6, 6.07) is 30.4. The predicted octanol–water partition coefficient (Wildman–Crippen LogP) is 12.5. The first-order valence-electron chi connectivity index (χ1n) is 19.5. The van der Waals surface area contributed by atoms with Gasteiger partial charge in [0.15, 0.2) is 11.5 Å². The molecular weight excluding hydrogens is 691 g/mol. The molecule has 0 amide bonds. The summed E-state index contributed by atoms with van der Waals surface area (Å²) in [5, 5.41) is 9.60. The summed E-state index contributed by atoms with van der Waals surface area (Å²) in [5.41, 5.74) is 13.4. The number of aromatic nitrogens is 4. The van der Waals surface area contributed by atoms with E-state index in [0.717, 1.165) is 86.4 Å². The van der Waals surface area contributed by atoms with Crippen LogP contribution in [0.15, 0.2) is 98.1 Å². The number of aromatic amines is 4. The van der Waals surface area contributed by atoms with Crippen molar-refractivity contribution >= 4 is 99.4 Å². The molecule has 56 heavy (non-hydrogen) atoms. The van der Waals surface area contributed by atoms with Crippen molar-refractivity contribution in [1.29, 1.82) is 0 Å². The second-order valence-electron chi connectivity index (χ2n) is 14.8. The fraction of sp³-hybridized carbons (Fsp3) is 0.184. The number of H-pyrrole nitrogens is 4. The van der Waals surface area contributed by atoms with Crippen molar-refractivity contribution in [2.45, 2.75) is 27.7 Å². The molecule has 4 N–H and O–H groups in total. The minimum absolute atomic E-state index is 0.635. The summed E-state index contributed by atoms with van der Waals surface area (Å²) in [6.45, 7) is 20.1. The first-order valence-corrected chi connectivity index (χ1v) is 19.5. The third-order valence-electron chi connectivity index (χ3n) is 11.4. The summed E-state index contributed by atoms with van der Waals surface area (Å²) in [4.78, 5) is 16.7. The molecule has 0 radical (unpaired) electrons. The van der Waals surface area contributed by atoms with Gasteiger partial charge >= 0.3 is 0 Å². The monoisotopic (exact) mass is 737 g/mol. The predicted molar refractivity (Wildman–Crippen MR) is 240 cm³/mol. The van der Waals surface area contributed by atoms with Gasteiger partial charge in [0.1, 0.15) is 6.61 Å². The van der Waals surface area contributed by atoms with Gasteiger partial charge in [-0.15, -0.1) is 0 Å². The van der Waals surface area contributed by atoms with Gasteiger partial charge in [-0.3, -0.25) is 0 Å². The van der Waals surface area contributed by atoms with Crippen molar-refractivity contribution in [2.75, 3.05) is 33.4 Å². The maximum atomic E-state index is 6.49. The molecule has 7 heteroatoms. The lowest BCUT2D eigenvalue weighted by molar-refractivity contribution is 0.225. The first-order chi connectivity index (χ1) is 27.3. The number of likely N-dealkylation sites (N-methyl/N-ethyl adjacent to an activating group) is 1. The number of aryl methyl sites for hydroxylation is 2. The second-order valence-corrected chi connectivity index (χ2v) is 14.8. The Balaban J connectivity index is 0.000000152. The molecule has 4 aromatic heterocycles. The van der Waals surface area contributed by atoms with Gasteiger partial charge in [0.2, 0.25) is 0 Å². The molecule has 7 nitrogen and oxygen atoms in total. The molecule has 6 aromatic carbocycles. The Morgan fingerprint density at radius 2 is 0.911 bits per heavy atom. The summed E-state index contributed by atoms with van der Waals surface area (Å²) < 4.78 is 12.3. The topological polar surface area (TPSA) is 84.9 Å². The molecule has 0 saturated heterocycles. The SMILES string of the molecule is C=Cc1ccc2[nH]c3c(OCCN(CC)CC)c4[nH]c5ccc(C=C)cc5c4cc3c2c1.COc1c2[nH]c3ccc(C)cc3c2cc2c1[nH]c1ccc(C)cc12. The van der Waals surface area contributed by atoms with E-state index < -0.39 is 0 Å². The first kappa shape index (κ1) is 35.3. The smallest absolute Gasteiger partial charge is 0.167 e. The zero-order valence-electron chi connectivity index (χ0n) is 32.7. The second kappa shape index (κ2) is 14.0. The molecule has 0 aliphatic carbocycles. The number of benzene rings is 6. The Hall–Kier alpha value is -6.44. The summed E-state index contributed by atoms with van der Waals surface area (Å²) in [6.07, 6.45) is 3.78. The van der Waals surface area contributed by atoms with Crippen LogP contribution in [0, 0.1) is 13.8 Å². The molecule has 4 heterocycles. The average Bonchev–Trinajstić information content (AvgIpc) is 3.98. The van der Waals surface area contributed by atoms with Gasteiger partial charge in [0, 0.05) is 71.7 Å². The lowest BCUT2D eigenvalue weighted by atomic mass is 10.0. The zero-order chi connectivity index (χ0) is 38.7. The van der Waals surface area contributed by atoms with Crippen molar-refractivity contribution in [3.8, 4) is 11.5 Å². The third-order valence-corrected chi connectivity index (χ3v) is 11.4. The van der Waals surface area contributed by atoms with Gasteiger partial charge < -0.3 is 34.3 Å². The average molecular weight is 738 g/mol. The molecule has 0 atom stereocenters. The van der Waals surface area contributed by atoms with Crippen LogP contribution in [0.4, 0.5) is 0 Å². The fourth-order valence-electron chi connectivity index (χ4n) is 8.39. The van der Waals surface area contributed by atoms with E-state index in [1.807, 2.05) is 12.2 Å². The highest BCUT2D eigenvalue weighted by molar-refractivity contribution is 6.22. The van der Waals surface area contributed by atoms with Crippen molar-refractivity contribution in [3.63, 3.8) is 0 Å². The molecule has 0 aliphatic rings. The van der Waals surface area contributed by atoms with E-state index in [2.05, 4.69) is 151 Å². The highest BCUT2D eigenvalue weighted by atomic mass is 16.5. The van der Waals surface area contributed by atoms with Crippen molar-refractivity contribution in [2.24, 2.45) is 0 Å². The molecule has 10 rings (SSSR count). The Kier molecular flexibility index (Phi) is 8.82. The minimum Gasteiger partial charge on any atom is -0.492 e. The van der Waals surface area contributed by atoms with Crippen LogP contribution in [0.2, 0.25) is 0 Å². The van der Waals surface area contributed by atoms with Crippen molar-refractivity contribution in [1.82, 2.24) is 24.8 Å². The van der Waals surface area contributed by atoms with Crippen molar-refractivity contribution in [3.05, 3.63) is 120 Å². The normalized spacial score (nSPS) is 11.9. The lowest BCUT2D eigenvalue weighted by Crippen LogP contribution is -2.27. The van der Waals surface area contributed by atoms with Crippen LogP contribution in [0.3, 0.4) is 0 Å². The Morgan fingerprint density at radius 3 is 1.30 bits per heavy atom. The number of fused-ring (bicyclic) bond motifs is 12. The summed E-state index contributed by atoms with van der Waals surface area (Å²) >= 11 is 0. The number of nitrogens with zero attached hydrogens (tertiary/aromatic N) is 1. The molecule has 280 valence electrons. The molecule has 0 fully saturated rings. The highest BCUT2D eigenvalue weighted by Gasteiger charge is 2.19. The molecule has 0 spiro atoms. The van der Waals surface area contributed by atoms with Gasteiger partial charge in [-0.05, 0) is 98.7 Å². The maximum absolute atomic E-state index is 6.49. The number of methoxy groups -OCH3 is 1. The van der Waals surface area contributed by atoms with E-state index in [1.54, 1.807) is 7.11 Å². The van der Waals surface area contributed by atoms with Crippen LogP contribution in [-0.2, 0) is 0 Å². The third kappa shape index (κ3) is 5.78. The van der Waals surface area contributed by atoms with Crippen LogP contribution in [0.1, 0.15) is 36.1 Å². The van der Waals surface area contributed by atoms with Crippen LogP contribution in [-0.4, -0.2) is 58.2 Å². The molecule has 10 aromatic rings. The van der Waals surface area contributed by atoms with Gasteiger partial charge in [0.25, 0.3) is 0 Å². The number of ether oxygens (including phenoxy) is 2. The van der Waals surface area contributed by atoms with E-state index in [-0.39, 0.29) is 0 Å². The largest absolute Gasteiger partial charge is 0.492 e. The fourth-order valence-corrected chi connectivity index (χ4v) is 8.39. The van der Waals surface area contributed by atoms with E-state index in [0.29, 0.717) is 6.61 Å². The highest BCUT2D eigenvalue weighted by Crippen LogP contribution is 2.43. The van der Waals surface area contributed by atoms with Gasteiger partial charge in [0.05, 0.1) is 29.2 Å². The number of rotatable bonds is 9. The summed E-state index contributed by atoms with van der Waals surface area (Å²) in [5.74, 6) is 1.77. The Bertz CT molecular complexity index is 2950. The van der Waals surface area contributed by atoms with Crippen LogP contribution < -0.4 is 9.47 Å². The molecule has 0 saturated carbocycles. The van der Waals surface area contributed by atoms with Gasteiger partial charge in [-0.1, -0.05) is 74.5 Å². The number of nitrogens with one attached hydrogen (secondary N) is 4. The Morgan fingerprint density at radius 1 is 0.518 bits per heavy atom. The standard InChI is InChI=1S/C28H29N3O.C21H18N2O/c1-5-18-9-11-24-20(15-18)22-17-23-21-16-19(6-2)10-12-25(21)30-27(23)28(26(22)29-24)32-14-13-31(7-3)8-4;1-11-4-6-17-13(8-11)15-10-16-14-9-12(2)5-7-18(14)23-20(16)21(24-3)19(15)22-17/h5-6,9-12,15-17,29-30H,1-2,7-8,13-14H2,3-4H3;4-10,22-23H,1-3H3. The van der Waals surface area contributed by atoms with Crippen LogP contribution >= 0.6 is 0 Å². The van der Waals surface area contributed by atoms with Crippen LogP contribution in [0.25, 0.3) is 99.4 Å². The van der Waals surface area contributed by atoms with E-state index >= 15 is 0 Å². The molecule has 0 bridgehead atoms.